The Morgan fingerprint density at radius 1 is 0.964 bits per heavy atom. The summed E-state index contributed by atoms with van der Waals surface area (Å²) in [6.45, 7) is 4.48. The van der Waals surface area contributed by atoms with E-state index in [-0.39, 0.29) is 24.3 Å². The van der Waals surface area contributed by atoms with Gasteiger partial charge in [0.1, 0.15) is 6.04 Å². The first-order valence-electron chi connectivity index (χ1n) is 9.79. The summed E-state index contributed by atoms with van der Waals surface area (Å²) in [6, 6.07) is 18.8. The minimum Gasteiger partial charge on any atom is -0.396 e. The third-order valence-electron chi connectivity index (χ3n) is 4.56. The molecule has 1 atom stereocenters. The van der Waals surface area contributed by atoms with Crippen molar-refractivity contribution >= 4 is 11.8 Å². The van der Waals surface area contributed by atoms with E-state index < -0.39 is 6.04 Å². The maximum atomic E-state index is 13.0. The highest BCUT2D eigenvalue weighted by molar-refractivity contribution is 5.88. The van der Waals surface area contributed by atoms with E-state index in [0.717, 1.165) is 11.1 Å². The molecular weight excluding hydrogens is 352 g/mol. The number of amides is 2. The fraction of sp³-hybridized carbons (Fsp3) is 0.391. The minimum absolute atomic E-state index is 0.0162. The summed E-state index contributed by atoms with van der Waals surface area (Å²) in [7, 11) is 0. The van der Waals surface area contributed by atoms with Gasteiger partial charge in [-0.3, -0.25) is 9.59 Å². The van der Waals surface area contributed by atoms with Crippen LogP contribution in [0.25, 0.3) is 0 Å². The van der Waals surface area contributed by atoms with Crippen LogP contribution in [0, 0.1) is 5.92 Å². The number of nitrogens with one attached hydrogen (secondary N) is 1. The quantitative estimate of drug-likeness (QED) is 0.621. The number of rotatable bonds is 10. The van der Waals surface area contributed by atoms with E-state index in [1.54, 1.807) is 4.90 Å². The fourth-order valence-electron chi connectivity index (χ4n) is 3.04. The topological polar surface area (TPSA) is 69.6 Å². The Labute approximate surface area is 167 Å². The van der Waals surface area contributed by atoms with Crippen molar-refractivity contribution in [3.8, 4) is 0 Å². The zero-order chi connectivity index (χ0) is 20.4. The van der Waals surface area contributed by atoms with Crippen molar-refractivity contribution in [2.45, 2.75) is 39.3 Å². The van der Waals surface area contributed by atoms with E-state index in [1.165, 1.54) is 0 Å². The van der Waals surface area contributed by atoms with Gasteiger partial charge >= 0.3 is 0 Å². The first-order valence-corrected chi connectivity index (χ1v) is 9.79. The van der Waals surface area contributed by atoms with Crippen LogP contribution < -0.4 is 5.32 Å². The van der Waals surface area contributed by atoms with Gasteiger partial charge in [-0.25, -0.2) is 0 Å². The first-order chi connectivity index (χ1) is 13.5. The molecule has 2 rings (SSSR count). The van der Waals surface area contributed by atoms with Gasteiger partial charge in [0.2, 0.25) is 11.8 Å². The van der Waals surface area contributed by atoms with Gasteiger partial charge in [0.15, 0.2) is 0 Å². The molecule has 0 heterocycles. The van der Waals surface area contributed by atoms with Gasteiger partial charge in [-0.1, -0.05) is 74.5 Å². The molecule has 2 amide bonds. The highest BCUT2D eigenvalue weighted by atomic mass is 16.3. The third kappa shape index (κ3) is 6.50. The second-order valence-corrected chi connectivity index (χ2v) is 7.18. The molecule has 0 saturated carbocycles. The monoisotopic (exact) mass is 382 g/mol. The van der Waals surface area contributed by atoms with Crippen LogP contribution in [-0.2, 0) is 22.6 Å². The second kappa shape index (κ2) is 11.2. The lowest BCUT2D eigenvalue weighted by molar-refractivity contribution is -0.143. The number of benzene rings is 2. The minimum atomic E-state index is -0.615. The third-order valence-corrected chi connectivity index (χ3v) is 4.56. The van der Waals surface area contributed by atoms with Crippen LogP contribution in [0.3, 0.4) is 0 Å². The lowest BCUT2D eigenvalue weighted by atomic mass is 10.0. The summed E-state index contributed by atoms with van der Waals surface area (Å²) < 4.78 is 0. The highest BCUT2D eigenvalue weighted by Crippen LogP contribution is 2.17. The van der Waals surface area contributed by atoms with E-state index in [2.05, 4.69) is 5.32 Å². The standard InChI is InChI=1S/C23H30N2O3/c1-18(2)23(28)25(17-20-12-7-4-8-13-20)21(22(27)24-14-9-15-26)16-19-10-5-3-6-11-19/h3-8,10-13,18,21,26H,9,14-17H2,1-2H3,(H,24,27). The molecule has 28 heavy (non-hydrogen) atoms. The van der Waals surface area contributed by atoms with Gasteiger partial charge in [-0.05, 0) is 17.5 Å². The van der Waals surface area contributed by atoms with E-state index in [0.29, 0.717) is 25.9 Å². The van der Waals surface area contributed by atoms with E-state index in [9.17, 15) is 9.59 Å². The van der Waals surface area contributed by atoms with Crippen molar-refractivity contribution < 1.29 is 14.7 Å². The lowest BCUT2D eigenvalue weighted by Crippen LogP contribution is -2.51. The van der Waals surface area contributed by atoms with Crippen molar-refractivity contribution in [3.63, 3.8) is 0 Å². The molecule has 0 saturated heterocycles. The molecular formula is C23H30N2O3. The van der Waals surface area contributed by atoms with E-state index in [1.807, 2.05) is 74.5 Å². The number of carbonyl (C=O) groups excluding carboxylic acids is 2. The normalized spacial score (nSPS) is 11.9. The van der Waals surface area contributed by atoms with Crippen molar-refractivity contribution in [3.05, 3.63) is 71.8 Å². The summed E-state index contributed by atoms with van der Waals surface area (Å²) >= 11 is 0. The first kappa shape index (κ1) is 21.6. The summed E-state index contributed by atoms with van der Waals surface area (Å²) in [5.74, 6) is -0.462. The Morgan fingerprint density at radius 2 is 1.54 bits per heavy atom. The maximum Gasteiger partial charge on any atom is 0.243 e. The Hall–Kier alpha value is -2.66. The maximum absolute atomic E-state index is 13.0. The second-order valence-electron chi connectivity index (χ2n) is 7.18. The number of aliphatic hydroxyl groups is 1. The Bertz CT molecular complexity index is 732. The number of carbonyl (C=O) groups is 2. The summed E-state index contributed by atoms with van der Waals surface area (Å²) in [4.78, 5) is 27.7. The Morgan fingerprint density at radius 3 is 2.07 bits per heavy atom. The Kier molecular flexibility index (Phi) is 8.69. The predicted octanol–water partition coefficient (Wildman–Crippen LogP) is 2.78. The molecule has 2 aromatic carbocycles. The van der Waals surface area contributed by atoms with Crippen molar-refractivity contribution in [1.82, 2.24) is 10.2 Å². The average Bonchev–Trinajstić information content (AvgIpc) is 2.71. The molecule has 5 nitrogen and oxygen atoms in total. The smallest absolute Gasteiger partial charge is 0.243 e. The SMILES string of the molecule is CC(C)C(=O)N(Cc1ccccc1)C(Cc1ccccc1)C(=O)NCCCO. The van der Waals surface area contributed by atoms with E-state index >= 15 is 0 Å². The molecule has 2 aromatic rings. The van der Waals surface area contributed by atoms with E-state index in [4.69, 9.17) is 5.11 Å². The molecule has 150 valence electrons. The van der Waals surface area contributed by atoms with Crippen LogP contribution in [0.2, 0.25) is 0 Å². The van der Waals surface area contributed by atoms with Gasteiger partial charge in [0.05, 0.1) is 0 Å². The number of hydrogen-bond donors (Lipinski definition) is 2. The fourth-order valence-corrected chi connectivity index (χ4v) is 3.04. The molecule has 0 aliphatic carbocycles. The molecule has 0 aromatic heterocycles. The van der Waals surface area contributed by atoms with Crippen molar-refractivity contribution in [1.29, 1.82) is 0 Å². The van der Waals surface area contributed by atoms with Gasteiger partial charge in [0, 0.05) is 32.0 Å². The summed E-state index contributed by atoms with van der Waals surface area (Å²) in [6.07, 6.45) is 0.928. The summed E-state index contributed by atoms with van der Waals surface area (Å²) in [5.41, 5.74) is 1.98. The number of aliphatic hydroxyl groups excluding tert-OH is 1. The van der Waals surface area contributed by atoms with Gasteiger partial charge in [0.25, 0.3) is 0 Å². The molecule has 5 heteroatoms. The van der Waals surface area contributed by atoms with Crippen LogP contribution in [0.15, 0.2) is 60.7 Å². The van der Waals surface area contributed by atoms with Gasteiger partial charge < -0.3 is 15.3 Å². The van der Waals surface area contributed by atoms with Crippen LogP contribution in [0.5, 0.6) is 0 Å². The van der Waals surface area contributed by atoms with Crippen LogP contribution in [0.4, 0.5) is 0 Å². The molecule has 0 radical (unpaired) electrons. The van der Waals surface area contributed by atoms with Crippen LogP contribution in [0.1, 0.15) is 31.4 Å². The van der Waals surface area contributed by atoms with Crippen molar-refractivity contribution in [2.24, 2.45) is 5.92 Å². The molecule has 0 fully saturated rings. The zero-order valence-corrected chi connectivity index (χ0v) is 16.7. The largest absolute Gasteiger partial charge is 0.396 e. The molecule has 1 unspecified atom stereocenters. The van der Waals surface area contributed by atoms with Crippen LogP contribution >= 0.6 is 0 Å². The molecule has 2 N–H and O–H groups in total. The highest BCUT2D eigenvalue weighted by Gasteiger charge is 2.31. The molecule has 0 aliphatic rings. The van der Waals surface area contributed by atoms with Crippen molar-refractivity contribution in [2.75, 3.05) is 13.2 Å². The lowest BCUT2D eigenvalue weighted by Gasteiger charge is -2.32. The molecule has 0 bridgehead atoms. The predicted molar refractivity (Wildman–Crippen MR) is 110 cm³/mol. The summed E-state index contributed by atoms with van der Waals surface area (Å²) in [5, 5.41) is 11.9. The number of hydrogen-bond acceptors (Lipinski definition) is 3. The molecule has 0 spiro atoms. The van der Waals surface area contributed by atoms with Gasteiger partial charge in [-0.2, -0.15) is 0 Å². The number of nitrogens with zero attached hydrogens (tertiary/aromatic N) is 1. The Balaban J connectivity index is 2.31. The van der Waals surface area contributed by atoms with Gasteiger partial charge in [-0.15, -0.1) is 0 Å². The molecule has 0 aliphatic heterocycles. The zero-order valence-electron chi connectivity index (χ0n) is 16.7. The van der Waals surface area contributed by atoms with Crippen LogP contribution in [-0.4, -0.2) is 41.0 Å². The average molecular weight is 383 g/mol.